The molecule has 0 bridgehead atoms. The second kappa shape index (κ2) is 10.5. The van der Waals surface area contributed by atoms with Gasteiger partial charge >= 0.3 is 0 Å². The third-order valence-corrected chi connectivity index (χ3v) is 6.38. The van der Waals surface area contributed by atoms with Gasteiger partial charge in [0.05, 0.1) is 0 Å². The number of benzene rings is 3. The van der Waals surface area contributed by atoms with Gasteiger partial charge in [-0.3, -0.25) is 14.7 Å². The number of aryl methyl sites for hydroxylation is 1. The van der Waals surface area contributed by atoms with Gasteiger partial charge in [0.2, 0.25) is 6.54 Å². The van der Waals surface area contributed by atoms with Gasteiger partial charge in [-0.1, -0.05) is 65.8 Å². The first-order chi connectivity index (χ1) is 16.0. The summed E-state index contributed by atoms with van der Waals surface area (Å²) in [5, 5.41) is 20.6. The van der Waals surface area contributed by atoms with Crippen molar-refractivity contribution >= 4 is 23.4 Å². The van der Waals surface area contributed by atoms with Crippen LogP contribution in [0.25, 0.3) is 5.69 Å². The number of thioether (sulfide) groups is 1. The van der Waals surface area contributed by atoms with Gasteiger partial charge in [0.1, 0.15) is 23.4 Å². The van der Waals surface area contributed by atoms with Gasteiger partial charge in [-0.15, -0.1) is 10.2 Å². The standard InChI is InChI=1S/C24H21ClN4O3S/c1-17-26-27-24(29(17)21-11-9-20(25)10-12-21)33-23(15-28(30)31)19-7-13-22(14-8-19)32-16-18-5-3-2-4-6-18/h2-14,23H,15-16H2,1H3/t23-/m1/s1. The van der Waals surface area contributed by atoms with Crippen LogP contribution in [-0.2, 0) is 6.61 Å². The van der Waals surface area contributed by atoms with Gasteiger partial charge in [0.25, 0.3) is 0 Å². The summed E-state index contributed by atoms with van der Waals surface area (Å²) in [7, 11) is 0. The summed E-state index contributed by atoms with van der Waals surface area (Å²) in [6, 6.07) is 24.6. The number of rotatable bonds is 9. The number of halogens is 1. The van der Waals surface area contributed by atoms with Gasteiger partial charge < -0.3 is 4.74 Å². The Bertz CT molecular complexity index is 1210. The topological polar surface area (TPSA) is 83.1 Å². The van der Waals surface area contributed by atoms with Crippen molar-refractivity contribution in [1.29, 1.82) is 0 Å². The molecule has 1 heterocycles. The van der Waals surface area contributed by atoms with E-state index in [0.717, 1.165) is 16.8 Å². The average Bonchev–Trinajstić information content (AvgIpc) is 3.18. The Balaban J connectivity index is 1.53. The molecule has 0 spiro atoms. The summed E-state index contributed by atoms with van der Waals surface area (Å²) in [5.74, 6) is 1.39. The minimum Gasteiger partial charge on any atom is -0.489 e. The van der Waals surface area contributed by atoms with Crippen molar-refractivity contribution < 1.29 is 9.66 Å². The van der Waals surface area contributed by atoms with E-state index in [1.807, 2.05) is 78.2 Å². The van der Waals surface area contributed by atoms with Crippen LogP contribution in [0, 0.1) is 17.0 Å². The summed E-state index contributed by atoms with van der Waals surface area (Å²) >= 11 is 7.32. The predicted molar refractivity (Wildman–Crippen MR) is 129 cm³/mol. The fourth-order valence-corrected chi connectivity index (χ4v) is 4.60. The van der Waals surface area contributed by atoms with E-state index in [-0.39, 0.29) is 11.5 Å². The molecule has 33 heavy (non-hydrogen) atoms. The maximum atomic E-state index is 11.4. The van der Waals surface area contributed by atoms with Crippen LogP contribution in [0.15, 0.2) is 84.0 Å². The Labute approximate surface area is 200 Å². The van der Waals surface area contributed by atoms with Gasteiger partial charge in [-0.25, -0.2) is 0 Å². The van der Waals surface area contributed by atoms with Crippen molar-refractivity contribution in [3.63, 3.8) is 0 Å². The largest absolute Gasteiger partial charge is 0.489 e. The molecule has 0 radical (unpaired) electrons. The van der Waals surface area contributed by atoms with Crippen LogP contribution in [0.1, 0.15) is 22.2 Å². The minimum absolute atomic E-state index is 0.249. The van der Waals surface area contributed by atoms with Crippen LogP contribution in [0.4, 0.5) is 0 Å². The van der Waals surface area contributed by atoms with Crippen LogP contribution in [-0.4, -0.2) is 26.2 Å². The Morgan fingerprint density at radius 2 is 1.73 bits per heavy atom. The number of nitrogens with zero attached hydrogens (tertiary/aromatic N) is 4. The first-order valence-corrected chi connectivity index (χ1v) is 11.5. The molecular weight excluding hydrogens is 460 g/mol. The fraction of sp³-hybridized carbons (Fsp3) is 0.167. The van der Waals surface area contributed by atoms with Crippen molar-refractivity contribution in [3.8, 4) is 11.4 Å². The number of hydrogen-bond donors (Lipinski definition) is 0. The van der Waals surface area contributed by atoms with Crippen LogP contribution in [0.5, 0.6) is 5.75 Å². The summed E-state index contributed by atoms with van der Waals surface area (Å²) in [5.41, 5.74) is 2.72. The summed E-state index contributed by atoms with van der Waals surface area (Å²) < 4.78 is 7.70. The normalized spacial score (nSPS) is 11.8. The first-order valence-electron chi connectivity index (χ1n) is 10.2. The number of nitro groups is 1. The summed E-state index contributed by atoms with van der Waals surface area (Å²) in [6.45, 7) is 2.05. The highest BCUT2D eigenvalue weighted by Gasteiger charge is 2.24. The van der Waals surface area contributed by atoms with Crippen LogP contribution < -0.4 is 4.74 Å². The molecule has 1 aromatic heterocycles. The van der Waals surface area contributed by atoms with Crippen molar-refractivity contribution in [1.82, 2.24) is 14.8 Å². The molecule has 9 heteroatoms. The summed E-state index contributed by atoms with van der Waals surface area (Å²) in [4.78, 5) is 11.1. The van der Waals surface area contributed by atoms with E-state index in [2.05, 4.69) is 10.2 Å². The maximum Gasteiger partial charge on any atom is 0.220 e. The molecule has 0 aliphatic heterocycles. The van der Waals surface area contributed by atoms with Crippen molar-refractivity contribution in [2.45, 2.75) is 23.9 Å². The van der Waals surface area contributed by atoms with Crippen molar-refractivity contribution in [2.75, 3.05) is 6.54 Å². The Kier molecular flexibility index (Phi) is 7.26. The highest BCUT2D eigenvalue weighted by atomic mass is 35.5. The Hall–Kier alpha value is -3.36. The van der Waals surface area contributed by atoms with Crippen LogP contribution >= 0.6 is 23.4 Å². The molecule has 0 saturated heterocycles. The second-order valence-electron chi connectivity index (χ2n) is 7.31. The molecule has 0 aliphatic rings. The molecule has 3 aromatic carbocycles. The van der Waals surface area contributed by atoms with Gasteiger partial charge in [0, 0.05) is 15.6 Å². The monoisotopic (exact) mass is 480 g/mol. The average molecular weight is 481 g/mol. The third kappa shape index (κ3) is 5.91. The lowest BCUT2D eigenvalue weighted by molar-refractivity contribution is -0.479. The SMILES string of the molecule is Cc1nnc(S[C@H](C[N+](=O)[O-])c2ccc(OCc3ccccc3)cc2)n1-c1ccc(Cl)cc1. The van der Waals surface area contributed by atoms with Crippen molar-refractivity contribution in [3.05, 3.63) is 111 Å². The molecule has 0 fully saturated rings. The lowest BCUT2D eigenvalue weighted by Gasteiger charge is -2.15. The highest BCUT2D eigenvalue weighted by molar-refractivity contribution is 7.99. The third-order valence-electron chi connectivity index (χ3n) is 4.94. The zero-order chi connectivity index (χ0) is 23.2. The molecule has 4 aromatic rings. The lowest BCUT2D eigenvalue weighted by atomic mass is 10.1. The quantitative estimate of drug-likeness (QED) is 0.168. The molecule has 4 rings (SSSR count). The first kappa shape index (κ1) is 22.8. The van der Waals surface area contributed by atoms with Crippen molar-refractivity contribution in [2.24, 2.45) is 0 Å². The molecule has 0 N–H and O–H groups in total. The minimum atomic E-state index is -0.446. The molecule has 7 nitrogen and oxygen atoms in total. The smallest absolute Gasteiger partial charge is 0.220 e. The maximum absolute atomic E-state index is 11.4. The van der Waals surface area contributed by atoms with Crippen LogP contribution in [0.3, 0.4) is 0 Å². The molecule has 168 valence electrons. The van der Waals surface area contributed by atoms with E-state index in [1.54, 1.807) is 12.1 Å². The van der Waals surface area contributed by atoms with E-state index < -0.39 is 5.25 Å². The highest BCUT2D eigenvalue weighted by Crippen LogP contribution is 2.36. The zero-order valence-corrected chi connectivity index (χ0v) is 19.4. The molecule has 0 unspecified atom stereocenters. The zero-order valence-electron chi connectivity index (χ0n) is 17.8. The summed E-state index contributed by atoms with van der Waals surface area (Å²) in [6.07, 6.45) is 0. The molecule has 0 aliphatic carbocycles. The Morgan fingerprint density at radius 1 is 1.03 bits per heavy atom. The number of hydrogen-bond acceptors (Lipinski definition) is 6. The fourth-order valence-electron chi connectivity index (χ4n) is 3.30. The number of aromatic nitrogens is 3. The molecule has 0 saturated carbocycles. The van der Waals surface area contributed by atoms with Crippen LogP contribution in [0.2, 0.25) is 5.02 Å². The van der Waals surface area contributed by atoms with E-state index in [4.69, 9.17) is 16.3 Å². The van der Waals surface area contributed by atoms with E-state index >= 15 is 0 Å². The Morgan fingerprint density at radius 3 is 2.39 bits per heavy atom. The lowest BCUT2D eigenvalue weighted by Crippen LogP contribution is -2.11. The van der Waals surface area contributed by atoms with Gasteiger partial charge in [0.15, 0.2) is 5.16 Å². The van der Waals surface area contributed by atoms with Gasteiger partial charge in [-0.05, 0) is 54.4 Å². The predicted octanol–water partition coefficient (Wildman–Crippen LogP) is 5.92. The van der Waals surface area contributed by atoms with Gasteiger partial charge in [-0.2, -0.15) is 0 Å². The van der Waals surface area contributed by atoms with E-state index in [9.17, 15) is 10.1 Å². The van der Waals surface area contributed by atoms with E-state index in [0.29, 0.717) is 28.4 Å². The number of ether oxygens (including phenoxy) is 1. The van der Waals surface area contributed by atoms with E-state index in [1.165, 1.54) is 11.8 Å². The second-order valence-corrected chi connectivity index (χ2v) is 8.91. The molecular formula is C24H21ClN4O3S. The molecule has 1 atom stereocenters. The molecule has 0 amide bonds.